The summed E-state index contributed by atoms with van der Waals surface area (Å²) >= 11 is 11.7. The normalized spacial score (nSPS) is 10.2. The van der Waals surface area contributed by atoms with Crippen molar-refractivity contribution in [2.24, 2.45) is 0 Å². The number of anilines is 2. The Morgan fingerprint density at radius 2 is 2.06 bits per heavy atom. The lowest BCUT2D eigenvalue weighted by Gasteiger charge is -2.11. The fourth-order valence-electron chi connectivity index (χ4n) is 1.34. The molecule has 0 radical (unpaired) electrons. The summed E-state index contributed by atoms with van der Waals surface area (Å²) in [5.74, 6) is 0.226. The monoisotopic (exact) mass is 287 g/mol. The molecule has 0 bridgehead atoms. The molecule has 0 spiro atoms. The Hall–Kier alpha value is -1.59. The molecule has 0 aliphatic heterocycles. The van der Waals surface area contributed by atoms with E-state index >= 15 is 0 Å². The van der Waals surface area contributed by atoms with Crippen LogP contribution in [0.5, 0.6) is 5.75 Å². The lowest BCUT2D eigenvalue weighted by atomic mass is 10.3. The first-order chi connectivity index (χ1) is 8.61. The van der Waals surface area contributed by atoms with Gasteiger partial charge in [0.1, 0.15) is 12.1 Å². The first-order valence-electron chi connectivity index (χ1n) is 4.88. The maximum Gasteiger partial charge on any atom is 0.199 e. The van der Waals surface area contributed by atoms with Crippen LogP contribution in [0.15, 0.2) is 24.5 Å². The molecule has 0 aliphatic rings. The van der Waals surface area contributed by atoms with Gasteiger partial charge in [0.05, 0.1) is 17.8 Å². The van der Waals surface area contributed by atoms with Crippen molar-refractivity contribution >= 4 is 34.7 Å². The topological polar surface area (TPSA) is 47.0 Å². The largest absolute Gasteiger partial charge is 0.490 e. The van der Waals surface area contributed by atoms with Crippen molar-refractivity contribution in [1.82, 2.24) is 9.97 Å². The number of halogens is 3. The van der Waals surface area contributed by atoms with Crippen LogP contribution >= 0.6 is 23.2 Å². The van der Waals surface area contributed by atoms with Gasteiger partial charge in [-0.15, -0.1) is 0 Å². The summed E-state index contributed by atoms with van der Waals surface area (Å²) in [6.07, 6.45) is 1.28. The second kappa shape index (κ2) is 5.37. The zero-order valence-corrected chi connectivity index (χ0v) is 10.8. The van der Waals surface area contributed by atoms with Gasteiger partial charge in [0, 0.05) is 0 Å². The third-order valence-electron chi connectivity index (χ3n) is 2.15. The van der Waals surface area contributed by atoms with E-state index in [-0.39, 0.29) is 10.2 Å². The predicted octanol–water partition coefficient (Wildman–Crippen LogP) is 3.67. The number of ether oxygens (including phenoxy) is 1. The van der Waals surface area contributed by atoms with E-state index in [1.807, 2.05) is 0 Å². The molecule has 1 N–H and O–H groups in total. The molecule has 7 heteroatoms. The maximum atomic E-state index is 12.9. The van der Waals surface area contributed by atoms with Crippen LogP contribution < -0.4 is 10.1 Å². The van der Waals surface area contributed by atoms with Crippen LogP contribution in [0.1, 0.15) is 0 Å². The Morgan fingerprint density at radius 3 is 2.72 bits per heavy atom. The molecule has 0 saturated heterocycles. The highest BCUT2D eigenvalue weighted by Gasteiger charge is 2.12. The fourth-order valence-corrected chi connectivity index (χ4v) is 1.77. The Bertz CT molecular complexity index is 580. The predicted molar refractivity (Wildman–Crippen MR) is 68.3 cm³/mol. The number of rotatable bonds is 3. The number of hydrogen-bond donors (Lipinski definition) is 1. The number of hydrogen-bond acceptors (Lipinski definition) is 4. The maximum absolute atomic E-state index is 12.9. The first-order valence-corrected chi connectivity index (χ1v) is 5.64. The van der Waals surface area contributed by atoms with E-state index in [1.54, 1.807) is 0 Å². The molecule has 0 aliphatic carbocycles. The van der Waals surface area contributed by atoms with Gasteiger partial charge in [-0.3, -0.25) is 0 Å². The average Bonchev–Trinajstić information content (AvgIpc) is 2.33. The van der Waals surface area contributed by atoms with Crippen molar-refractivity contribution < 1.29 is 9.13 Å². The number of nitrogens with one attached hydrogen (secondary N) is 1. The number of aromatic nitrogens is 2. The van der Waals surface area contributed by atoms with Crippen molar-refractivity contribution in [3.63, 3.8) is 0 Å². The second-order valence-electron chi connectivity index (χ2n) is 3.30. The Morgan fingerprint density at radius 1 is 1.28 bits per heavy atom. The third-order valence-corrected chi connectivity index (χ3v) is 2.73. The van der Waals surface area contributed by atoms with Crippen molar-refractivity contribution in [2.75, 3.05) is 12.4 Å². The minimum absolute atomic E-state index is 0.174. The third kappa shape index (κ3) is 2.63. The van der Waals surface area contributed by atoms with Gasteiger partial charge in [0.25, 0.3) is 0 Å². The Labute approximate surface area is 113 Å². The first kappa shape index (κ1) is 12.9. The van der Waals surface area contributed by atoms with Crippen LogP contribution in [0.25, 0.3) is 0 Å². The van der Waals surface area contributed by atoms with Crippen LogP contribution in [-0.2, 0) is 0 Å². The summed E-state index contributed by atoms with van der Waals surface area (Å²) in [6.45, 7) is 0. The molecule has 1 aromatic carbocycles. The lowest BCUT2D eigenvalue weighted by molar-refractivity contribution is 0.413. The van der Waals surface area contributed by atoms with Gasteiger partial charge < -0.3 is 10.1 Å². The van der Waals surface area contributed by atoms with Gasteiger partial charge in [0.15, 0.2) is 16.7 Å². The summed E-state index contributed by atoms with van der Waals surface area (Å²) in [7, 11) is 1.45. The van der Waals surface area contributed by atoms with E-state index in [0.717, 1.165) is 0 Å². The molecule has 0 amide bonds. The molecule has 0 unspecified atom stereocenters. The van der Waals surface area contributed by atoms with Crippen molar-refractivity contribution in [2.45, 2.75) is 0 Å². The smallest absolute Gasteiger partial charge is 0.199 e. The summed E-state index contributed by atoms with van der Waals surface area (Å²) in [6, 6.07) is 3.97. The zero-order valence-electron chi connectivity index (χ0n) is 9.25. The molecule has 2 rings (SSSR count). The highest BCUT2D eigenvalue weighted by atomic mass is 35.5. The van der Waals surface area contributed by atoms with Crippen molar-refractivity contribution in [1.29, 1.82) is 0 Å². The zero-order chi connectivity index (χ0) is 13.1. The van der Waals surface area contributed by atoms with Crippen LogP contribution in [0.4, 0.5) is 15.9 Å². The van der Waals surface area contributed by atoms with Crippen LogP contribution in [0, 0.1) is 5.82 Å². The van der Waals surface area contributed by atoms with E-state index in [9.17, 15) is 4.39 Å². The van der Waals surface area contributed by atoms with E-state index in [0.29, 0.717) is 17.3 Å². The van der Waals surface area contributed by atoms with E-state index in [4.69, 9.17) is 27.9 Å². The van der Waals surface area contributed by atoms with Gasteiger partial charge >= 0.3 is 0 Å². The molecule has 1 aromatic heterocycles. The summed E-state index contributed by atoms with van der Waals surface area (Å²) in [5.41, 5.74) is 0.492. The van der Waals surface area contributed by atoms with Gasteiger partial charge in [-0.1, -0.05) is 23.2 Å². The Balaban J connectivity index is 2.37. The standard InChI is InChI=1S/C11H8Cl2FN3O/c1-18-9-10(13)15-5-16-11(9)17-8-3-2-6(14)4-7(8)12/h2-5H,1H3,(H,15,16,17). The highest BCUT2D eigenvalue weighted by molar-refractivity contribution is 6.33. The van der Waals surface area contributed by atoms with Crippen molar-refractivity contribution in [3.05, 3.63) is 40.5 Å². The minimum Gasteiger partial charge on any atom is -0.490 e. The van der Waals surface area contributed by atoms with E-state index in [1.165, 1.54) is 31.6 Å². The molecule has 94 valence electrons. The lowest BCUT2D eigenvalue weighted by Crippen LogP contribution is -1.99. The Kier molecular flexibility index (Phi) is 3.84. The summed E-state index contributed by atoms with van der Waals surface area (Å²) in [4.78, 5) is 7.77. The molecular formula is C11H8Cl2FN3O. The molecule has 18 heavy (non-hydrogen) atoms. The van der Waals surface area contributed by atoms with Crippen LogP contribution in [-0.4, -0.2) is 17.1 Å². The molecule has 1 heterocycles. The van der Waals surface area contributed by atoms with Crippen LogP contribution in [0.3, 0.4) is 0 Å². The van der Waals surface area contributed by atoms with Gasteiger partial charge in [0.2, 0.25) is 0 Å². The van der Waals surface area contributed by atoms with Crippen molar-refractivity contribution in [3.8, 4) is 5.75 Å². The van der Waals surface area contributed by atoms with Gasteiger partial charge in [-0.05, 0) is 18.2 Å². The highest BCUT2D eigenvalue weighted by Crippen LogP contribution is 2.33. The van der Waals surface area contributed by atoms with Crippen LogP contribution in [0.2, 0.25) is 10.2 Å². The SMILES string of the molecule is COc1c(Cl)ncnc1Nc1ccc(F)cc1Cl. The van der Waals surface area contributed by atoms with E-state index in [2.05, 4.69) is 15.3 Å². The second-order valence-corrected chi connectivity index (χ2v) is 4.06. The molecule has 2 aromatic rings. The minimum atomic E-state index is -0.418. The number of benzene rings is 1. The molecule has 4 nitrogen and oxygen atoms in total. The van der Waals surface area contributed by atoms with E-state index < -0.39 is 5.82 Å². The molecule has 0 saturated carbocycles. The number of methoxy groups -OCH3 is 1. The van der Waals surface area contributed by atoms with Gasteiger partial charge in [-0.25, -0.2) is 14.4 Å². The molecule has 0 fully saturated rings. The van der Waals surface area contributed by atoms with Gasteiger partial charge in [-0.2, -0.15) is 0 Å². The average molecular weight is 288 g/mol. The quantitative estimate of drug-likeness (QED) is 0.875. The molecular weight excluding hydrogens is 280 g/mol. The summed E-state index contributed by atoms with van der Waals surface area (Å²) < 4.78 is 18.0. The fraction of sp³-hybridized carbons (Fsp3) is 0.0909. The summed E-state index contributed by atoms with van der Waals surface area (Å²) in [5, 5.41) is 3.30. The number of nitrogens with zero attached hydrogens (tertiary/aromatic N) is 2. The molecule has 0 atom stereocenters.